The van der Waals surface area contributed by atoms with Gasteiger partial charge in [-0.3, -0.25) is 4.57 Å². The number of halogens is 1. The molecule has 0 aliphatic carbocycles. The van der Waals surface area contributed by atoms with Crippen LogP contribution in [0.4, 0.5) is 0 Å². The third-order valence-electron chi connectivity index (χ3n) is 2.07. The van der Waals surface area contributed by atoms with Crippen LogP contribution in [0, 0.1) is 0 Å². The van der Waals surface area contributed by atoms with Crippen molar-refractivity contribution in [3.05, 3.63) is 35.8 Å². The fourth-order valence-electron chi connectivity index (χ4n) is 1.25. The zero-order valence-electron chi connectivity index (χ0n) is 8.55. The van der Waals surface area contributed by atoms with Crippen molar-refractivity contribution in [3.8, 4) is 5.82 Å². The molecule has 0 spiro atoms. The van der Waals surface area contributed by atoms with Crippen LogP contribution in [0.3, 0.4) is 0 Å². The van der Waals surface area contributed by atoms with Gasteiger partial charge < -0.3 is 0 Å². The zero-order valence-corrected chi connectivity index (χ0v) is 9.31. The summed E-state index contributed by atoms with van der Waals surface area (Å²) in [6.07, 6.45) is 5.20. The van der Waals surface area contributed by atoms with E-state index >= 15 is 0 Å². The minimum absolute atomic E-state index is 0.268. The molecule has 0 aromatic carbocycles. The second-order valence-electron chi connectivity index (χ2n) is 3.54. The lowest BCUT2D eigenvalue weighted by atomic mass is 10.1. The Labute approximate surface area is 93.0 Å². The van der Waals surface area contributed by atoms with E-state index in [-0.39, 0.29) is 5.28 Å². The molecule has 2 aromatic rings. The van der Waals surface area contributed by atoms with Gasteiger partial charge in [0, 0.05) is 18.5 Å². The predicted molar refractivity (Wildman–Crippen MR) is 58.3 cm³/mol. The van der Waals surface area contributed by atoms with Crippen molar-refractivity contribution < 1.29 is 0 Å². The molecule has 0 amide bonds. The third-order valence-corrected chi connectivity index (χ3v) is 2.23. The van der Waals surface area contributed by atoms with E-state index in [2.05, 4.69) is 28.8 Å². The lowest BCUT2D eigenvalue weighted by Gasteiger charge is -2.07. The number of rotatable bonds is 2. The third kappa shape index (κ3) is 2.15. The van der Waals surface area contributed by atoms with Gasteiger partial charge in [-0.1, -0.05) is 13.8 Å². The number of nitrogens with zero attached hydrogens (tertiary/aromatic N) is 4. The van der Waals surface area contributed by atoms with E-state index in [9.17, 15) is 0 Å². The molecule has 0 saturated carbocycles. The van der Waals surface area contributed by atoms with Gasteiger partial charge in [0.25, 0.3) is 0 Å². The smallest absolute Gasteiger partial charge is 0.224 e. The molecule has 2 rings (SSSR count). The summed E-state index contributed by atoms with van der Waals surface area (Å²) in [4.78, 5) is 12.3. The van der Waals surface area contributed by atoms with Gasteiger partial charge in [0.15, 0.2) is 0 Å². The maximum absolute atomic E-state index is 5.86. The molecule has 0 atom stereocenters. The lowest BCUT2D eigenvalue weighted by molar-refractivity contribution is 0.804. The molecule has 0 saturated heterocycles. The van der Waals surface area contributed by atoms with E-state index < -0.39 is 0 Å². The lowest BCUT2D eigenvalue weighted by Crippen LogP contribution is -2.01. The van der Waals surface area contributed by atoms with Crippen LogP contribution in [0.5, 0.6) is 0 Å². The summed E-state index contributed by atoms with van der Waals surface area (Å²) in [6, 6.07) is 1.91. The van der Waals surface area contributed by atoms with E-state index in [0.717, 1.165) is 11.5 Å². The van der Waals surface area contributed by atoms with E-state index in [1.807, 2.05) is 12.3 Å². The van der Waals surface area contributed by atoms with Crippen molar-refractivity contribution in [1.82, 2.24) is 19.5 Å². The van der Waals surface area contributed by atoms with E-state index in [4.69, 9.17) is 11.6 Å². The first kappa shape index (κ1) is 10.1. The molecule has 2 aromatic heterocycles. The van der Waals surface area contributed by atoms with E-state index in [1.54, 1.807) is 17.1 Å². The highest BCUT2D eigenvalue weighted by Crippen LogP contribution is 2.16. The zero-order chi connectivity index (χ0) is 10.8. The second-order valence-corrected chi connectivity index (χ2v) is 3.88. The van der Waals surface area contributed by atoms with Gasteiger partial charge in [-0.25, -0.2) is 9.97 Å². The van der Waals surface area contributed by atoms with Gasteiger partial charge in [-0.05, 0) is 17.5 Å². The Hall–Kier alpha value is -1.42. The molecule has 4 nitrogen and oxygen atoms in total. The number of imidazole rings is 1. The minimum Gasteiger partial charge on any atom is -0.290 e. The van der Waals surface area contributed by atoms with E-state index in [0.29, 0.717) is 5.92 Å². The van der Waals surface area contributed by atoms with E-state index in [1.165, 1.54) is 0 Å². The monoisotopic (exact) mass is 222 g/mol. The van der Waals surface area contributed by atoms with Crippen LogP contribution in [-0.4, -0.2) is 19.5 Å². The van der Waals surface area contributed by atoms with Crippen LogP contribution in [-0.2, 0) is 0 Å². The van der Waals surface area contributed by atoms with Crippen molar-refractivity contribution in [2.75, 3.05) is 0 Å². The number of hydrogen-bond acceptors (Lipinski definition) is 3. The molecule has 0 aliphatic rings. The Morgan fingerprint density at radius 3 is 2.73 bits per heavy atom. The summed E-state index contributed by atoms with van der Waals surface area (Å²) in [5, 5.41) is 0.268. The molecule has 0 bridgehead atoms. The van der Waals surface area contributed by atoms with Crippen molar-refractivity contribution in [3.63, 3.8) is 0 Å². The molecule has 78 valence electrons. The first-order valence-corrected chi connectivity index (χ1v) is 5.07. The summed E-state index contributed by atoms with van der Waals surface area (Å²) in [6.45, 7) is 4.13. The summed E-state index contributed by atoms with van der Waals surface area (Å²) in [5.74, 6) is 1.07. The largest absolute Gasteiger partial charge is 0.290 e. The normalized spacial score (nSPS) is 10.9. The van der Waals surface area contributed by atoms with Gasteiger partial charge in [0.2, 0.25) is 5.28 Å². The van der Waals surface area contributed by atoms with Crippen LogP contribution < -0.4 is 0 Å². The summed E-state index contributed by atoms with van der Waals surface area (Å²) in [7, 11) is 0. The molecule has 5 heteroatoms. The molecule has 2 heterocycles. The predicted octanol–water partition coefficient (Wildman–Crippen LogP) is 2.44. The van der Waals surface area contributed by atoms with Crippen LogP contribution in [0.15, 0.2) is 24.8 Å². The Morgan fingerprint density at radius 1 is 1.33 bits per heavy atom. The van der Waals surface area contributed by atoms with Gasteiger partial charge in [-0.15, -0.1) is 0 Å². The first-order valence-electron chi connectivity index (χ1n) is 4.69. The summed E-state index contributed by atoms with van der Waals surface area (Å²) in [5.41, 5.74) is 0.929. The Balaban J connectivity index is 2.49. The fraction of sp³-hybridized carbons (Fsp3) is 0.300. The summed E-state index contributed by atoms with van der Waals surface area (Å²) < 4.78 is 1.80. The molecule has 0 unspecified atom stereocenters. The standard InChI is InChI=1S/C10H11ClN4/c1-7(2)8-5-9(14-10(11)13-8)15-4-3-12-6-15/h3-7H,1-2H3. The SMILES string of the molecule is CC(C)c1cc(-n2ccnc2)nc(Cl)n1. The van der Waals surface area contributed by atoms with Crippen molar-refractivity contribution in [1.29, 1.82) is 0 Å². The fourth-order valence-corrected chi connectivity index (χ4v) is 1.43. The summed E-state index contributed by atoms with van der Waals surface area (Å²) >= 11 is 5.86. The minimum atomic E-state index is 0.268. The van der Waals surface area contributed by atoms with Crippen LogP contribution in [0.1, 0.15) is 25.5 Å². The highest BCUT2D eigenvalue weighted by molar-refractivity contribution is 6.28. The first-order chi connectivity index (χ1) is 7.16. The topological polar surface area (TPSA) is 43.6 Å². The average Bonchev–Trinajstić information content (AvgIpc) is 2.69. The van der Waals surface area contributed by atoms with Crippen LogP contribution in [0.2, 0.25) is 5.28 Å². The quantitative estimate of drug-likeness (QED) is 0.733. The second kappa shape index (κ2) is 3.98. The Kier molecular flexibility index (Phi) is 2.68. The molecule has 0 radical (unpaired) electrons. The van der Waals surface area contributed by atoms with Gasteiger partial charge in [-0.2, -0.15) is 4.98 Å². The average molecular weight is 223 g/mol. The molecule has 0 aliphatic heterocycles. The molecule has 0 N–H and O–H groups in total. The number of aromatic nitrogens is 4. The highest BCUT2D eigenvalue weighted by atomic mass is 35.5. The van der Waals surface area contributed by atoms with Crippen LogP contribution in [0.25, 0.3) is 5.82 Å². The molecule has 0 fully saturated rings. The highest BCUT2D eigenvalue weighted by Gasteiger charge is 2.07. The Morgan fingerprint density at radius 2 is 2.13 bits per heavy atom. The van der Waals surface area contributed by atoms with Crippen molar-refractivity contribution in [2.45, 2.75) is 19.8 Å². The Bertz CT molecular complexity index is 450. The van der Waals surface area contributed by atoms with Gasteiger partial charge >= 0.3 is 0 Å². The maximum Gasteiger partial charge on any atom is 0.224 e. The van der Waals surface area contributed by atoms with Gasteiger partial charge in [0.05, 0.1) is 5.69 Å². The molecular formula is C10H11ClN4. The van der Waals surface area contributed by atoms with Gasteiger partial charge in [0.1, 0.15) is 12.1 Å². The van der Waals surface area contributed by atoms with Crippen molar-refractivity contribution in [2.24, 2.45) is 0 Å². The maximum atomic E-state index is 5.86. The van der Waals surface area contributed by atoms with Crippen molar-refractivity contribution >= 4 is 11.6 Å². The molecule has 15 heavy (non-hydrogen) atoms. The van der Waals surface area contributed by atoms with Crippen LogP contribution >= 0.6 is 11.6 Å². The molecular weight excluding hydrogens is 212 g/mol. The number of hydrogen-bond donors (Lipinski definition) is 0.